The van der Waals surface area contributed by atoms with Crippen molar-refractivity contribution >= 4 is 45.7 Å². The molecule has 0 saturated heterocycles. The predicted octanol–water partition coefficient (Wildman–Crippen LogP) is 8.17. The molecule has 2 heterocycles. The number of benzene rings is 3. The first kappa shape index (κ1) is 30.6. The number of nitrogens with one attached hydrogen (secondary N) is 1. The van der Waals surface area contributed by atoms with Gasteiger partial charge in [-0.3, -0.25) is 9.36 Å². The molecule has 0 radical (unpaired) electrons. The fourth-order valence-electron chi connectivity index (χ4n) is 4.09. The van der Waals surface area contributed by atoms with Crippen LogP contribution in [0.2, 0.25) is 5.02 Å². The summed E-state index contributed by atoms with van der Waals surface area (Å²) in [5.74, 6) is 1.10. The summed E-state index contributed by atoms with van der Waals surface area (Å²) in [6.45, 7) is 2.68. The van der Waals surface area contributed by atoms with Gasteiger partial charge in [0, 0.05) is 33.8 Å². The van der Waals surface area contributed by atoms with Gasteiger partial charge in [0.2, 0.25) is 5.91 Å². The van der Waals surface area contributed by atoms with Crippen LogP contribution in [0.25, 0.3) is 17.1 Å². The Balaban J connectivity index is 1.27. The number of carbonyl (C=O) groups excluding carboxylic acids is 1. The van der Waals surface area contributed by atoms with Gasteiger partial charge in [0.05, 0.1) is 17.9 Å². The minimum atomic E-state index is -4.47. The number of ether oxygens (including phenoxy) is 1. The molecule has 222 valence electrons. The number of thiazole rings is 1. The van der Waals surface area contributed by atoms with Crippen molar-refractivity contribution in [3.05, 3.63) is 100 Å². The molecule has 7 nitrogen and oxygen atoms in total. The topological polar surface area (TPSA) is 81.9 Å². The maximum atomic E-state index is 13.1. The molecule has 5 aromatic rings. The third-order valence-electron chi connectivity index (χ3n) is 6.10. The Morgan fingerprint density at radius 3 is 2.56 bits per heavy atom. The quantitative estimate of drug-likeness (QED) is 0.146. The minimum absolute atomic E-state index is 0.0309. The lowest BCUT2D eigenvalue weighted by atomic mass is 10.1. The highest BCUT2D eigenvalue weighted by Gasteiger charge is 2.31. The molecule has 13 heteroatoms. The van der Waals surface area contributed by atoms with Gasteiger partial charge < -0.3 is 10.1 Å². The summed E-state index contributed by atoms with van der Waals surface area (Å²) < 4.78 is 47.0. The Morgan fingerprint density at radius 2 is 1.84 bits per heavy atom. The van der Waals surface area contributed by atoms with E-state index in [1.807, 2.05) is 66.1 Å². The van der Waals surface area contributed by atoms with Crippen molar-refractivity contribution in [1.29, 1.82) is 0 Å². The highest BCUT2D eigenvalue weighted by atomic mass is 35.5. The molecular weight excluding hydrogens is 619 g/mol. The number of anilines is 1. The molecule has 0 saturated carbocycles. The second kappa shape index (κ2) is 13.6. The summed E-state index contributed by atoms with van der Waals surface area (Å²) in [6.07, 6.45) is -1.89. The molecule has 0 aliphatic rings. The van der Waals surface area contributed by atoms with Crippen LogP contribution in [0, 0.1) is 0 Å². The van der Waals surface area contributed by atoms with E-state index in [1.165, 1.54) is 35.4 Å². The van der Waals surface area contributed by atoms with Crippen LogP contribution in [0.4, 0.5) is 18.3 Å². The average Bonchev–Trinajstić information content (AvgIpc) is 3.63. The van der Waals surface area contributed by atoms with Crippen LogP contribution in [0.1, 0.15) is 29.3 Å². The Bertz CT molecular complexity index is 1690. The van der Waals surface area contributed by atoms with Crippen molar-refractivity contribution in [3.8, 4) is 22.8 Å². The van der Waals surface area contributed by atoms with Crippen molar-refractivity contribution in [2.45, 2.75) is 31.1 Å². The normalized spacial score (nSPS) is 11.5. The Kier molecular flexibility index (Phi) is 9.69. The lowest BCUT2D eigenvalue weighted by molar-refractivity contribution is -0.137. The number of halogens is 4. The maximum absolute atomic E-state index is 13.1. The number of carbonyl (C=O) groups is 1. The summed E-state index contributed by atoms with van der Waals surface area (Å²) in [4.78, 5) is 17.7. The first-order valence-electron chi connectivity index (χ1n) is 13.2. The van der Waals surface area contributed by atoms with Gasteiger partial charge in [-0.25, -0.2) is 4.98 Å². The number of rotatable bonds is 11. The molecule has 0 aliphatic heterocycles. The predicted molar refractivity (Wildman–Crippen MR) is 163 cm³/mol. The number of hydrogen-bond acceptors (Lipinski definition) is 7. The Labute approximate surface area is 259 Å². The van der Waals surface area contributed by atoms with Gasteiger partial charge in [-0.05, 0) is 66.6 Å². The highest BCUT2D eigenvalue weighted by molar-refractivity contribution is 7.99. The summed E-state index contributed by atoms with van der Waals surface area (Å²) in [5.41, 5.74) is 1.24. The summed E-state index contributed by atoms with van der Waals surface area (Å²) in [7, 11) is 0. The second-order valence-electron chi connectivity index (χ2n) is 9.30. The number of aromatic nitrogens is 4. The first-order chi connectivity index (χ1) is 20.7. The molecular formula is C30H25ClF3N5O2S2. The van der Waals surface area contributed by atoms with Gasteiger partial charge >= 0.3 is 6.18 Å². The zero-order valence-electron chi connectivity index (χ0n) is 22.8. The van der Waals surface area contributed by atoms with E-state index in [0.29, 0.717) is 33.2 Å². The van der Waals surface area contributed by atoms with Gasteiger partial charge in [0.25, 0.3) is 0 Å². The molecule has 0 bridgehead atoms. The van der Waals surface area contributed by atoms with Gasteiger partial charge in [0.15, 0.2) is 16.1 Å². The highest BCUT2D eigenvalue weighted by Crippen LogP contribution is 2.34. The number of amides is 1. The van der Waals surface area contributed by atoms with Gasteiger partial charge in [-0.2, -0.15) is 13.2 Å². The standard InChI is InChI=1S/C30H25ClF3N5O2S2/c1-2-14-41-23-11-8-19(9-12-23)27-37-38-29(39(27)22-6-4-3-5-7-22)42-18-26(40)36-28-35-17-24(43-28)16-20-15-21(30(32,33)34)10-13-25(20)31/h3-13,15,17H,2,14,16,18H2,1H3,(H,35,36,40). The van der Waals surface area contributed by atoms with Crippen LogP contribution < -0.4 is 10.1 Å². The van der Waals surface area contributed by atoms with Crippen molar-refractivity contribution in [3.63, 3.8) is 0 Å². The first-order valence-corrected chi connectivity index (χ1v) is 15.4. The molecule has 1 N–H and O–H groups in total. The van der Waals surface area contributed by atoms with E-state index < -0.39 is 11.7 Å². The van der Waals surface area contributed by atoms with Gasteiger partial charge in [-0.15, -0.1) is 21.5 Å². The molecule has 1 amide bonds. The number of thioether (sulfide) groups is 1. The van der Waals surface area contributed by atoms with Crippen LogP contribution in [-0.4, -0.2) is 38.0 Å². The molecule has 0 unspecified atom stereocenters. The Morgan fingerprint density at radius 1 is 1.07 bits per heavy atom. The number of para-hydroxylation sites is 1. The number of alkyl halides is 3. The molecule has 0 spiro atoms. The zero-order chi connectivity index (χ0) is 30.4. The fourth-order valence-corrected chi connectivity index (χ4v) is 5.88. The Hall–Kier alpha value is -3.87. The summed E-state index contributed by atoms with van der Waals surface area (Å²) >= 11 is 8.53. The molecule has 0 aliphatic carbocycles. The molecule has 2 aromatic heterocycles. The maximum Gasteiger partial charge on any atom is 0.416 e. The van der Waals surface area contributed by atoms with Crippen LogP contribution >= 0.6 is 34.7 Å². The fraction of sp³-hybridized carbons (Fsp3) is 0.200. The van der Waals surface area contributed by atoms with Crippen LogP contribution in [0.15, 0.2) is 84.1 Å². The third-order valence-corrected chi connectivity index (χ3v) is 8.31. The van der Waals surface area contributed by atoms with E-state index >= 15 is 0 Å². The minimum Gasteiger partial charge on any atom is -0.494 e. The molecule has 0 atom stereocenters. The van der Waals surface area contributed by atoms with Crippen molar-refractivity contribution in [1.82, 2.24) is 19.7 Å². The molecule has 3 aromatic carbocycles. The zero-order valence-corrected chi connectivity index (χ0v) is 25.2. The third kappa shape index (κ3) is 7.75. The van der Waals surface area contributed by atoms with E-state index in [2.05, 4.69) is 20.5 Å². The monoisotopic (exact) mass is 643 g/mol. The lowest BCUT2D eigenvalue weighted by Crippen LogP contribution is -2.14. The van der Waals surface area contributed by atoms with E-state index in [0.717, 1.165) is 35.6 Å². The van der Waals surface area contributed by atoms with Crippen molar-refractivity contribution < 1.29 is 22.7 Å². The summed E-state index contributed by atoms with van der Waals surface area (Å²) in [5, 5.41) is 12.6. The van der Waals surface area contributed by atoms with Gasteiger partial charge in [0.1, 0.15) is 5.75 Å². The SMILES string of the molecule is CCCOc1ccc(-c2nnc(SCC(=O)Nc3ncc(Cc4cc(C(F)(F)F)ccc4Cl)s3)n2-c2ccccc2)cc1. The molecule has 0 fully saturated rings. The summed E-state index contributed by atoms with van der Waals surface area (Å²) in [6, 6.07) is 20.4. The van der Waals surface area contributed by atoms with E-state index in [1.54, 1.807) is 0 Å². The van der Waals surface area contributed by atoms with E-state index in [4.69, 9.17) is 16.3 Å². The smallest absolute Gasteiger partial charge is 0.416 e. The number of hydrogen-bond donors (Lipinski definition) is 1. The largest absolute Gasteiger partial charge is 0.494 e. The van der Waals surface area contributed by atoms with Crippen LogP contribution in [0.5, 0.6) is 5.75 Å². The van der Waals surface area contributed by atoms with E-state index in [9.17, 15) is 18.0 Å². The number of nitrogens with zero attached hydrogens (tertiary/aromatic N) is 4. The molecule has 5 rings (SSSR count). The molecule has 43 heavy (non-hydrogen) atoms. The van der Waals surface area contributed by atoms with Gasteiger partial charge in [-0.1, -0.05) is 48.5 Å². The van der Waals surface area contributed by atoms with Crippen LogP contribution in [-0.2, 0) is 17.4 Å². The second-order valence-corrected chi connectivity index (χ2v) is 11.8. The van der Waals surface area contributed by atoms with Crippen molar-refractivity contribution in [2.24, 2.45) is 0 Å². The average molecular weight is 644 g/mol. The van der Waals surface area contributed by atoms with Crippen molar-refractivity contribution in [2.75, 3.05) is 17.7 Å². The van der Waals surface area contributed by atoms with E-state index in [-0.39, 0.29) is 23.1 Å². The van der Waals surface area contributed by atoms with Crippen LogP contribution in [0.3, 0.4) is 0 Å². The lowest BCUT2D eigenvalue weighted by Gasteiger charge is -2.11.